The number of aromatic nitrogens is 4. The van der Waals surface area contributed by atoms with Crippen molar-refractivity contribution in [3.8, 4) is 28.9 Å². The monoisotopic (exact) mass is 578 g/mol. The largest absolute Gasteiger partial charge is 0.492 e. The summed E-state index contributed by atoms with van der Waals surface area (Å²) in [7, 11) is 0.511. The number of nitriles is 1. The lowest BCUT2D eigenvalue weighted by molar-refractivity contribution is -0.137. The highest BCUT2D eigenvalue weighted by atomic mass is 32.2. The van der Waals surface area contributed by atoms with Crippen LogP contribution < -0.4 is 10.1 Å². The van der Waals surface area contributed by atoms with Gasteiger partial charge in [0.15, 0.2) is 0 Å². The van der Waals surface area contributed by atoms with E-state index < -0.39 is 27.5 Å². The Kier molecular flexibility index (Phi) is 8.62. The van der Waals surface area contributed by atoms with Crippen molar-refractivity contribution in [2.24, 2.45) is 0 Å². The van der Waals surface area contributed by atoms with E-state index in [-0.39, 0.29) is 36.3 Å². The molecule has 0 atom stereocenters. The molecule has 0 radical (unpaired) electrons. The quantitative estimate of drug-likeness (QED) is 0.407. The molecule has 3 aromatic rings. The van der Waals surface area contributed by atoms with E-state index in [1.807, 2.05) is 19.0 Å². The smallest absolute Gasteiger partial charge is 0.420 e. The topological polar surface area (TPSA) is 129 Å². The van der Waals surface area contributed by atoms with Gasteiger partial charge < -0.3 is 19.5 Å². The predicted octanol–water partition coefficient (Wildman–Crippen LogP) is 3.00. The molecule has 40 heavy (non-hydrogen) atoms. The van der Waals surface area contributed by atoms with Crippen LogP contribution in [-0.2, 0) is 16.2 Å². The summed E-state index contributed by atoms with van der Waals surface area (Å²) in [5, 5.41) is 12.7. The molecule has 0 saturated carbocycles. The summed E-state index contributed by atoms with van der Waals surface area (Å²) >= 11 is 0. The van der Waals surface area contributed by atoms with Gasteiger partial charge in [0.1, 0.15) is 41.7 Å². The highest BCUT2D eigenvalue weighted by Crippen LogP contribution is 2.36. The molecule has 11 nitrogen and oxygen atoms in total. The molecule has 1 N–H and O–H groups in total. The minimum absolute atomic E-state index is 0.0210. The van der Waals surface area contributed by atoms with Crippen LogP contribution in [-0.4, -0.2) is 89.8 Å². The Morgan fingerprint density at radius 3 is 2.58 bits per heavy atom. The second-order valence-electron chi connectivity index (χ2n) is 9.64. The Balaban J connectivity index is 1.58. The number of imidazole rings is 1. The van der Waals surface area contributed by atoms with Gasteiger partial charge in [0, 0.05) is 44.1 Å². The third-order valence-electron chi connectivity index (χ3n) is 6.35. The zero-order valence-electron chi connectivity index (χ0n) is 22.2. The van der Waals surface area contributed by atoms with Crippen molar-refractivity contribution in [2.45, 2.75) is 25.1 Å². The predicted molar refractivity (Wildman–Crippen MR) is 141 cm³/mol. The summed E-state index contributed by atoms with van der Waals surface area (Å²) in [6, 6.07) is 6.75. The molecular weight excluding hydrogens is 549 g/mol. The number of alkyl halides is 3. The molecule has 214 valence electrons. The van der Waals surface area contributed by atoms with E-state index in [0.717, 1.165) is 6.26 Å². The van der Waals surface area contributed by atoms with Crippen LogP contribution in [0.5, 0.6) is 5.75 Å². The van der Waals surface area contributed by atoms with Gasteiger partial charge in [-0.2, -0.15) is 18.4 Å². The fourth-order valence-corrected chi connectivity index (χ4v) is 5.09. The lowest BCUT2D eigenvalue weighted by atomic mass is 10.1. The first-order valence-electron chi connectivity index (χ1n) is 12.4. The third-order valence-corrected chi connectivity index (χ3v) is 7.65. The number of likely N-dealkylation sites (N-methyl/N-ethyl adjacent to an activating group) is 1. The van der Waals surface area contributed by atoms with Crippen LogP contribution in [0.2, 0.25) is 0 Å². The van der Waals surface area contributed by atoms with Crippen molar-refractivity contribution < 1.29 is 26.3 Å². The number of benzene rings is 1. The first-order valence-corrected chi connectivity index (χ1v) is 14.2. The van der Waals surface area contributed by atoms with Gasteiger partial charge in [-0.05, 0) is 39.1 Å². The Morgan fingerprint density at radius 1 is 1.23 bits per heavy atom. The number of nitrogens with zero attached hydrogens (tertiary/aromatic N) is 7. The van der Waals surface area contributed by atoms with E-state index in [2.05, 4.69) is 26.3 Å². The van der Waals surface area contributed by atoms with Crippen molar-refractivity contribution in [1.82, 2.24) is 28.7 Å². The van der Waals surface area contributed by atoms with Gasteiger partial charge >= 0.3 is 6.18 Å². The number of sulfonamides is 1. The minimum atomic E-state index is -4.73. The average molecular weight is 579 g/mol. The van der Waals surface area contributed by atoms with Gasteiger partial charge in [0.25, 0.3) is 0 Å². The van der Waals surface area contributed by atoms with Crippen LogP contribution in [0.15, 0.2) is 36.9 Å². The SMILES string of the molecule is CN(C)CCOc1ccc(-n2cnc(-c3nc(NC4CCN(S(C)(=O)=O)CC4)ncc3C(F)(F)F)c2)c(C#N)c1. The summed E-state index contributed by atoms with van der Waals surface area (Å²) in [5.41, 5.74) is -0.854. The van der Waals surface area contributed by atoms with E-state index >= 15 is 0 Å². The molecule has 1 aliphatic rings. The number of hydrogen-bond donors (Lipinski definition) is 1. The second-order valence-corrected chi connectivity index (χ2v) is 11.6. The molecule has 0 unspecified atom stereocenters. The first kappa shape index (κ1) is 29.2. The molecule has 15 heteroatoms. The van der Waals surface area contributed by atoms with Gasteiger partial charge in [-0.1, -0.05) is 0 Å². The molecule has 1 aromatic carbocycles. The highest BCUT2D eigenvalue weighted by Gasteiger charge is 2.36. The number of hydrogen-bond acceptors (Lipinski definition) is 9. The summed E-state index contributed by atoms with van der Waals surface area (Å²) < 4.78 is 73.6. The zero-order valence-corrected chi connectivity index (χ0v) is 23.0. The molecule has 0 spiro atoms. The van der Waals surface area contributed by atoms with Gasteiger partial charge in [-0.15, -0.1) is 0 Å². The standard InChI is InChI=1S/C25H29F3N8O3S/c1-34(2)10-11-39-19-4-5-22(17(12-19)13-29)35-15-21(31-16-35)23-20(25(26,27)28)14-30-24(33-23)32-18-6-8-36(9-7-18)40(3,37)38/h4-5,12,14-16,18H,6-11H2,1-3H3,(H,30,32,33). The van der Waals surface area contributed by atoms with Crippen LogP contribution in [0, 0.1) is 11.3 Å². The molecule has 0 amide bonds. The fraction of sp³-hybridized carbons (Fsp3) is 0.440. The lowest BCUT2D eigenvalue weighted by Crippen LogP contribution is -2.42. The Morgan fingerprint density at radius 2 is 1.95 bits per heavy atom. The van der Waals surface area contributed by atoms with Crippen LogP contribution in [0.25, 0.3) is 17.1 Å². The van der Waals surface area contributed by atoms with Gasteiger partial charge in [0.2, 0.25) is 16.0 Å². The van der Waals surface area contributed by atoms with E-state index in [9.17, 15) is 26.9 Å². The Bertz CT molecular complexity index is 1490. The highest BCUT2D eigenvalue weighted by molar-refractivity contribution is 7.88. The number of piperidine rings is 1. The molecule has 3 heterocycles. The van der Waals surface area contributed by atoms with Crippen molar-refractivity contribution in [3.63, 3.8) is 0 Å². The molecule has 0 bridgehead atoms. The van der Waals surface area contributed by atoms with Gasteiger partial charge in [0.05, 0.1) is 17.5 Å². The summed E-state index contributed by atoms with van der Waals surface area (Å²) in [5.74, 6) is 0.475. The number of nitrogens with one attached hydrogen (secondary N) is 1. The van der Waals surface area contributed by atoms with Crippen LogP contribution in [0.3, 0.4) is 0 Å². The van der Waals surface area contributed by atoms with Crippen LogP contribution in [0.1, 0.15) is 24.0 Å². The summed E-state index contributed by atoms with van der Waals surface area (Å²) in [6.07, 6.45) is 0.695. The number of halogens is 3. The number of ether oxygens (including phenoxy) is 1. The molecular formula is C25H29F3N8O3S. The maximum Gasteiger partial charge on any atom is 0.420 e. The van der Waals surface area contributed by atoms with E-state index in [1.165, 1.54) is 21.4 Å². The third kappa shape index (κ3) is 7.06. The van der Waals surface area contributed by atoms with Gasteiger partial charge in [-0.25, -0.2) is 27.7 Å². The van der Waals surface area contributed by atoms with Gasteiger partial charge in [-0.3, -0.25) is 0 Å². The lowest BCUT2D eigenvalue weighted by Gasteiger charge is -2.30. The van der Waals surface area contributed by atoms with Crippen molar-refractivity contribution >= 4 is 16.0 Å². The molecule has 1 fully saturated rings. The molecule has 2 aromatic heterocycles. The molecule has 4 rings (SSSR count). The first-order chi connectivity index (χ1) is 18.8. The second kappa shape index (κ2) is 11.8. The molecule has 0 aliphatic carbocycles. The van der Waals surface area contributed by atoms with Crippen molar-refractivity contribution in [3.05, 3.63) is 48.0 Å². The molecule has 1 aliphatic heterocycles. The number of rotatable bonds is 9. The van der Waals surface area contributed by atoms with Crippen LogP contribution >= 0.6 is 0 Å². The van der Waals surface area contributed by atoms with E-state index in [0.29, 0.717) is 43.6 Å². The van der Waals surface area contributed by atoms with Crippen molar-refractivity contribution in [1.29, 1.82) is 5.26 Å². The summed E-state index contributed by atoms with van der Waals surface area (Å²) in [6.45, 7) is 1.68. The van der Waals surface area contributed by atoms with E-state index in [4.69, 9.17) is 4.74 Å². The number of anilines is 1. The normalized spacial score (nSPS) is 15.2. The maximum atomic E-state index is 13.9. The zero-order chi connectivity index (χ0) is 29.1. The van der Waals surface area contributed by atoms with Crippen molar-refractivity contribution in [2.75, 3.05) is 51.9 Å². The fourth-order valence-electron chi connectivity index (χ4n) is 4.21. The summed E-state index contributed by atoms with van der Waals surface area (Å²) in [4.78, 5) is 14.1. The maximum absolute atomic E-state index is 13.9. The average Bonchev–Trinajstić information content (AvgIpc) is 3.37. The Hall–Kier alpha value is -3.74. The van der Waals surface area contributed by atoms with E-state index in [1.54, 1.807) is 18.2 Å². The van der Waals surface area contributed by atoms with Crippen LogP contribution in [0.4, 0.5) is 19.1 Å². The Labute approximate surface area is 230 Å². The minimum Gasteiger partial charge on any atom is -0.492 e. The molecule has 1 saturated heterocycles.